The zero-order valence-electron chi connectivity index (χ0n) is 39.3. The highest BCUT2D eigenvalue weighted by molar-refractivity contribution is 7.47. The van der Waals surface area contributed by atoms with E-state index in [-0.39, 0.29) is 13.0 Å². The van der Waals surface area contributed by atoms with E-state index in [0.717, 1.165) is 38.5 Å². The van der Waals surface area contributed by atoms with Crippen molar-refractivity contribution in [2.45, 2.75) is 276 Å². The zero-order chi connectivity index (χ0) is 44.0. The Hall–Kier alpha value is -1.03. The molecule has 0 aromatic carbocycles. The first-order valence-corrected chi connectivity index (χ1v) is 27.1. The SMILES string of the molecule is CCCCCCCCCCCCCCCCCCCCCCCCOCC(COP(=O)(O)OCC(N)C(=O)O)OC(=O)CCCCCCCCCCCCCCCCCC. The first kappa shape index (κ1) is 59.0. The molecule has 0 aliphatic heterocycles. The number of nitrogens with two attached hydrogens (primary N) is 1. The molecule has 0 aliphatic rings. The van der Waals surface area contributed by atoms with Gasteiger partial charge in [0.25, 0.3) is 0 Å². The Labute approximate surface area is 370 Å². The van der Waals surface area contributed by atoms with Gasteiger partial charge < -0.3 is 25.2 Å². The highest BCUT2D eigenvalue weighted by Gasteiger charge is 2.27. The summed E-state index contributed by atoms with van der Waals surface area (Å²) in [6.07, 6.45) is 48.7. The number of phosphoric ester groups is 1. The summed E-state index contributed by atoms with van der Waals surface area (Å²) in [7, 11) is -4.61. The molecule has 0 saturated heterocycles. The van der Waals surface area contributed by atoms with Gasteiger partial charge in [-0.25, -0.2) is 4.57 Å². The van der Waals surface area contributed by atoms with Gasteiger partial charge in [-0.15, -0.1) is 0 Å². The molecule has 0 spiro atoms. The first-order chi connectivity index (χ1) is 29.2. The number of carbonyl (C=O) groups excluding carboxylic acids is 1. The Morgan fingerprint density at radius 2 is 0.767 bits per heavy atom. The van der Waals surface area contributed by atoms with E-state index in [9.17, 15) is 19.0 Å². The summed E-state index contributed by atoms with van der Waals surface area (Å²) in [6.45, 7) is 3.96. The quantitative estimate of drug-likeness (QED) is 0.0306. The molecule has 3 atom stereocenters. The lowest BCUT2D eigenvalue weighted by Crippen LogP contribution is -2.34. The second-order valence-electron chi connectivity index (χ2n) is 17.7. The smallest absolute Gasteiger partial charge is 0.472 e. The molecule has 358 valence electrons. The van der Waals surface area contributed by atoms with Crippen LogP contribution in [0.15, 0.2) is 0 Å². The molecule has 60 heavy (non-hydrogen) atoms. The van der Waals surface area contributed by atoms with Gasteiger partial charge in [-0.1, -0.05) is 245 Å². The molecule has 10 nitrogen and oxygen atoms in total. The Morgan fingerprint density at radius 3 is 1.10 bits per heavy atom. The lowest BCUT2D eigenvalue weighted by atomic mass is 10.0. The number of hydrogen-bond acceptors (Lipinski definition) is 8. The normalized spacial score (nSPS) is 13.7. The van der Waals surface area contributed by atoms with Gasteiger partial charge in [-0.05, 0) is 12.8 Å². The van der Waals surface area contributed by atoms with E-state index < -0.39 is 45.1 Å². The maximum Gasteiger partial charge on any atom is 0.472 e. The fourth-order valence-electron chi connectivity index (χ4n) is 7.67. The molecular formula is C49H98NO9P. The lowest BCUT2D eigenvalue weighted by Gasteiger charge is -2.20. The molecule has 0 aromatic heterocycles. The minimum absolute atomic E-state index is 0.0264. The van der Waals surface area contributed by atoms with Gasteiger partial charge in [0, 0.05) is 13.0 Å². The van der Waals surface area contributed by atoms with Crippen LogP contribution in [0.25, 0.3) is 0 Å². The molecule has 0 aromatic rings. The molecule has 0 rings (SSSR count). The second kappa shape index (κ2) is 46.0. The van der Waals surface area contributed by atoms with Crippen LogP contribution in [0.1, 0.15) is 264 Å². The van der Waals surface area contributed by atoms with Crippen molar-refractivity contribution in [1.82, 2.24) is 0 Å². The van der Waals surface area contributed by atoms with Crippen molar-refractivity contribution in [3.8, 4) is 0 Å². The van der Waals surface area contributed by atoms with Crippen molar-refractivity contribution >= 4 is 19.8 Å². The maximum atomic E-state index is 12.7. The standard InChI is InChI=1S/C49H98NO9P/c1-3-5-7-9-11-13-15-17-19-21-22-23-24-25-26-28-30-32-34-36-38-40-42-56-43-46(44-57-60(54,55)58-45-47(50)49(52)53)59-48(51)41-39-37-35-33-31-29-27-20-18-16-14-12-10-8-6-4-2/h46-47H,3-45,50H2,1-2H3,(H,52,53)(H,54,55). The number of esters is 1. The van der Waals surface area contributed by atoms with E-state index in [2.05, 4.69) is 13.8 Å². The van der Waals surface area contributed by atoms with Gasteiger partial charge in [-0.2, -0.15) is 0 Å². The zero-order valence-corrected chi connectivity index (χ0v) is 40.2. The van der Waals surface area contributed by atoms with Crippen LogP contribution < -0.4 is 5.73 Å². The fraction of sp³-hybridized carbons (Fsp3) is 0.959. The summed E-state index contributed by atoms with van der Waals surface area (Å²) in [5.41, 5.74) is 5.37. The third-order valence-electron chi connectivity index (χ3n) is 11.6. The average Bonchev–Trinajstić information content (AvgIpc) is 3.23. The fourth-order valence-corrected chi connectivity index (χ4v) is 8.44. The predicted octanol–water partition coefficient (Wildman–Crippen LogP) is 14.7. The van der Waals surface area contributed by atoms with Crippen molar-refractivity contribution in [2.75, 3.05) is 26.4 Å². The summed E-state index contributed by atoms with van der Waals surface area (Å²) in [6, 6.07) is -1.47. The van der Waals surface area contributed by atoms with Crippen molar-refractivity contribution < 1.29 is 42.7 Å². The Balaban J connectivity index is 4.06. The van der Waals surface area contributed by atoms with Gasteiger partial charge in [0.2, 0.25) is 0 Å². The number of ether oxygens (including phenoxy) is 2. The molecule has 0 aliphatic carbocycles. The van der Waals surface area contributed by atoms with Crippen LogP contribution in [0.2, 0.25) is 0 Å². The van der Waals surface area contributed by atoms with Gasteiger partial charge in [0.05, 0.1) is 19.8 Å². The minimum atomic E-state index is -4.61. The van der Waals surface area contributed by atoms with E-state index in [0.29, 0.717) is 6.61 Å². The molecule has 0 heterocycles. The summed E-state index contributed by atoms with van der Waals surface area (Å²) in [5, 5.41) is 8.92. The lowest BCUT2D eigenvalue weighted by molar-refractivity contribution is -0.154. The van der Waals surface area contributed by atoms with Crippen LogP contribution in [0, 0.1) is 0 Å². The molecule has 0 radical (unpaired) electrons. The van der Waals surface area contributed by atoms with Crippen molar-refractivity contribution in [1.29, 1.82) is 0 Å². The first-order valence-electron chi connectivity index (χ1n) is 25.6. The topological polar surface area (TPSA) is 155 Å². The van der Waals surface area contributed by atoms with Crippen LogP contribution >= 0.6 is 7.82 Å². The molecule has 11 heteroatoms. The molecule has 3 unspecified atom stereocenters. The van der Waals surface area contributed by atoms with Gasteiger partial charge in [0.1, 0.15) is 12.1 Å². The van der Waals surface area contributed by atoms with Crippen LogP contribution in [-0.4, -0.2) is 60.5 Å². The molecule has 0 saturated carbocycles. The summed E-state index contributed by atoms with van der Waals surface area (Å²) in [4.78, 5) is 33.6. The summed E-state index contributed by atoms with van der Waals surface area (Å²) < 4.78 is 33.5. The van der Waals surface area contributed by atoms with Crippen LogP contribution in [0.5, 0.6) is 0 Å². The largest absolute Gasteiger partial charge is 0.480 e. The van der Waals surface area contributed by atoms with Gasteiger partial charge in [0.15, 0.2) is 0 Å². The number of hydrogen-bond donors (Lipinski definition) is 3. The summed E-state index contributed by atoms with van der Waals surface area (Å²) >= 11 is 0. The Morgan fingerprint density at radius 1 is 0.467 bits per heavy atom. The Kier molecular flexibility index (Phi) is 45.2. The van der Waals surface area contributed by atoms with Crippen molar-refractivity contribution in [3.05, 3.63) is 0 Å². The van der Waals surface area contributed by atoms with Crippen molar-refractivity contribution in [2.24, 2.45) is 5.73 Å². The highest BCUT2D eigenvalue weighted by Crippen LogP contribution is 2.43. The van der Waals surface area contributed by atoms with Crippen LogP contribution in [-0.2, 0) is 32.7 Å². The number of carboxylic acids is 1. The van der Waals surface area contributed by atoms with Gasteiger partial charge in [-0.3, -0.25) is 18.6 Å². The molecular weight excluding hydrogens is 778 g/mol. The predicted molar refractivity (Wildman–Crippen MR) is 249 cm³/mol. The van der Waals surface area contributed by atoms with Crippen LogP contribution in [0.3, 0.4) is 0 Å². The number of rotatable bonds is 50. The number of carboxylic acid groups (broad SMARTS) is 1. The number of unbranched alkanes of at least 4 members (excludes halogenated alkanes) is 36. The molecule has 4 N–H and O–H groups in total. The maximum absolute atomic E-state index is 12.7. The number of carbonyl (C=O) groups is 2. The summed E-state index contributed by atoms with van der Waals surface area (Å²) in [5.74, 6) is -1.76. The second-order valence-corrected chi connectivity index (χ2v) is 19.1. The monoisotopic (exact) mass is 876 g/mol. The van der Waals surface area contributed by atoms with Gasteiger partial charge >= 0.3 is 19.8 Å². The van der Waals surface area contributed by atoms with E-state index in [1.165, 1.54) is 205 Å². The van der Waals surface area contributed by atoms with E-state index in [4.69, 9.17) is 29.4 Å². The third-order valence-corrected chi connectivity index (χ3v) is 12.6. The van der Waals surface area contributed by atoms with E-state index in [1.54, 1.807) is 0 Å². The highest BCUT2D eigenvalue weighted by atomic mass is 31.2. The number of aliphatic carboxylic acids is 1. The molecule has 0 amide bonds. The molecule has 0 bridgehead atoms. The van der Waals surface area contributed by atoms with Crippen LogP contribution in [0.4, 0.5) is 0 Å². The van der Waals surface area contributed by atoms with Crippen molar-refractivity contribution in [3.63, 3.8) is 0 Å². The Bertz CT molecular complexity index is 971. The number of phosphoric acid groups is 1. The minimum Gasteiger partial charge on any atom is -0.480 e. The van der Waals surface area contributed by atoms with E-state index >= 15 is 0 Å². The third kappa shape index (κ3) is 45.0. The van der Waals surface area contributed by atoms with E-state index in [1.807, 2.05) is 0 Å². The molecule has 0 fully saturated rings. The average molecular weight is 876 g/mol.